The summed E-state index contributed by atoms with van der Waals surface area (Å²) in [4.78, 5) is 41.9. The van der Waals surface area contributed by atoms with Crippen LogP contribution in [0.4, 0.5) is 29.3 Å². The van der Waals surface area contributed by atoms with Gasteiger partial charge >= 0.3 is 12.2 Å². The molecule has 8 nitrogen and oxygen atoms in total. The van der Waals surface area contributed by atoms with Crippen LogP contribution in [0.2, 0.25) is 0 Å². The van der Waals surface area contributed by atoms with E-state index < -0.39 is 23.7 Å². The number of anilines is 2. The predicted octanol–water partition coefficient (Wildman–Crippen LogP) is 6.53. The van der Waals surface area contributed by atoms with Crippen molar-refractivity contribution in [3.05, 3.63) is 125 Å². The molecule has 2 N–H and O–H groups in total. The molecular formula is C33H29F3N4O4. The Hall–Kier alpha value is -5.32. The molecule has 1 aliphatic rings. The maximum atomic E-state index is 13.0. The van der Waals surface area contributed by atoms with Gasteiger partial charge in [-0.1, -0.05) is 42.5 Å². The highest BCUT2D eigenvalue weighted by atomic mass is 19.4. The molecule has 1 saturated heterocycles. The summed E-state index contributed by atoms with van der Waals surface area (Å²) in [5.41, 5.74) is 1.20. The lowest BCUT2D eigenvalue weighted by molar-refractivity contribution is -0.137. The molecule has 1 fully saturated rings. The minimum Gasteiger partial charge on any atom is -0.489 e. The third-order valence-electron chi connectivity index (χ3n) is 7.03. The molecule has 0 radical (unpaired) electrons. The van der Waals surface area contributed by atoms with E-state index in [1.165, 1.54) is 24.3 Å². The average molecular weight is 603 g/mol. The Balaban J connectivity index is 1.11. The lowest BCUT2D eigenvalue weighted by atomic mass is 10.1. The Morgan fingerprint density at radius 2 is 1.32 bits per heavy atom. The number of carbonyl (C=O) groups is 3. The van der Waals surface area contributed by atoms with Gasteiger partial charge in [0.05, 0.1) is 5.56 Å². The van der Waals surface area contributed by atoms with Crippen LogP contribution in [0.5, 0.6) is 5.75 Å². The average Bonchev–Trinajstić information content (AvgIpc) is 3.04. The molecule has 226 valence electrons. The molecule has 0 saturated carbocycles. The third kappa shape index (κ3) is 7.74. The van der Waals surface area contributed by atoms with Crippen molar-refractivity contribution in [1.29, 1.82) is 0 Å². The van der Waals surface area contributed by atoms with Crippen LogP contribution >= 0.6 is 0 Å². The van der Waals surface area contributed by atoms with E-state index in [4.69, 9.17) is 4.74 Å². The topological polar surface area (TPSA) is 91.0 Å². The van der Waals surface area contributed by atoms with Gasteiger partial charge in [0.2, 0.25) is 0 Å². The van der Waals surface area contributed by atoms with Gasteiger partial charge in [-0.3, -0.25) is 9.59 Å². The third-order valence-corrected chi connectivity index (χ3v) is 7.03. The highest BCUT2D eigenvalue weighted by molar-refractivity contribution is 6.05. The molecule has 4 aromatic carbocycles. The van der Waals surface area contributed by atoms with Gasteiger partial charge in [0.25, 0.3) is 11.8 Å². The first-order valence-corrected chi connectivity index (χ1v) is 13.9. The summed E-state index contributed by atoms with van der Waals surface area (Å²) in [5, 5.41) is 5.20. The number of benzene rings is 4. The zero-order valence-corrected chi connectivity index (χ0v) is 23.5. The van der Waals surface area contributed by atoms with Crippen molar-refractivity contribution < 1.29 is 32.3 Å². The van der Waals surface area contributed by atoms with E-state index in [2.05, 4.69) is 10.6 Å². The minimum absolute atomic E-state index is 0.000910. The summed E-state index contributed by atoms with van der Waals surface area (Å²) in [6.45, 7) is 1.74. The lowest BCUT2D eigenvalue weighted by Crippen LogP contribution is -2.51. The minimum atomic E-state index is -4.53. The van der Waals surface area contributed by atoms with E-state index in [1.54, 1.807) is 46.2 Å². The number of nitrogens with one attached hydrogen (secondary N) is 2. The fraction of sp³-hybridized carbons (Fsp3) is 0.182. The molecule has 4 aromatic rings. The standard InChI is InChI=1S/C33H29F3N4O4/c34-33(35,36)26-9-5-11-28(21-26)37-30(41)25-8-4-10-27(20-25)38-32(43)40-18-16-39(17-19-40)31(42)24-12-14-29(15-13-24)44-22-23-6-2-1-3-7-23/h1-15,20-21H,16-19,22H2,(H,37,41)(H,38,43). The zero-order chi connectivity index (χ0) is 31.1. The zero-order valence-electron chi connectivity index (χ0n) is 23.5. The maximum Gasteiger partial charge on any atom is 0.416 e. The van der Waals surface area contributed by atoms with Gasteiger partial charge in [0.15, 0.2) is 0 Å². The number of carbonyl (C=O) groups excluding carboxylic acids is 3. The van der Waals surface area contributed by atoms with Gasteiger partial charge in [-0.2, -0.15) is 13.2 Å². The number of alkyl halides is 3. The summed E-state index contributed by atoms with van der Waals surface area (Å²) < 4.78 is 44.8. The largest absolute Gasteiger partial charge is 0.489 e. The second kappa shape index (κ2) is 13.3. The van der Waals surface area contributed by atoms with Crippen LogP contribution < -0.4 is 15.4 Å². The number of piperazine rings is 1. The second-order valence-corrected chi connectivity index (χ2v) is 10.1. The quantitative estimate of drug-likeness (QED) is 0.252. The summed E-state index contributed by atoms with van der Waals surface area (Å²) in [5.74, 6) is -0.105. The number of halogens is 3. The van der Waals surface area contributed by atoms with E-state index in [1.807, 2.05) is 30.3 Å². The fourth-order valence-corrected chi connectivity index (χ4v) is 4.65. The van der Waals surface area contributed by atoms with Crippen LogP contribution in [0, 0.1) is 0 Å². The van der Waals surface area contributed by atoms with Crippen LogP contribution in [0.1, 0.15) is 31.8 Å². The Morgan fingerprint density at radius 3 is 2.00 bits per heavy atom. The number of rotatable bonds is 7. The molecule has 1 aliphatic heterocycles. The van der Waals surface area contributed by atoms with E-state index >= 15 is 0 Å². The number of hydrogen-bond donors (Lipinski definition) is 2. The highest BCUT2D eigenvalue weighted by Gasteiger charge is 2.30. The van der Waals surface area contributed by atoms with E-state index in [9.17, 15) is 27.6 Å². The smallest absolute Gasteiger partial charge is 0.416 e. The number of nitrogens with zero attached hydrogens (tertiary/aromatic N) is 2. The highest BCUT2D eigenvalue weighted by Crippen LogP contribution is 2.31. The molecule has 0 aromatic heterocycles. The fourth-order valence-electron chi connectivity index (χ4n) is 4.65. The normalized spacial score (nSPS) is 13.2. The first kappa shape index (κ1) is 30.1. The molecule has 5 rings (SSSR count). The van der Waals surface area contributed by atoms with Crippen molar-refractivity contribution >= 4 is 29.2 Å². The number of hydrogen-bond acceptors (Lipinski definition) is 4. The molecule has 4 amide bonds. The Kier molecular flexibility index (Phi) is 9.13. The molecular weight excluding hydrogens is 573 g/mol. The van der Waals surface area contributed by atoms with Crippen molar-refractivity contribution in [2.24, 2.45) is 0 Å². The SMILES string of the molecule is O=C(Nc1cccc(C(F)(F)F)c1)c1cccc(NC(=O)N2CCN(C(=O)c3ccc(OCc4ccccc4)cc3)CC2)c1. The Labute approximate surface area is 252 Å². The van der Waals surface area contributed by atoms with Crippen molar-refractivity contribution in [2.45, 2.75) is 12.8 Å². The van der Waals surface area contributed by atoms with Gasteiger partial charge in [0, 0.05) is 48.7 Å². The van der Waals surface area contributed by atoms with Crippen LogP contribution in [-0.4, -0.2) is 53.8 Å². The van der Waals surface area contributed by atoms with Gasteiger partial charge in [-0.15, -0.1) is 0 Å². The Bertz CT molecular complexity index is 1620. The van der Waals surface area contributed by atoms with Crippen molar-refractivity contribution in [1.82, 2.24) is 9.80 Å². The van der Waals surface area contributed by atoms with Crippen molar-refractivity contribution in [2.75, 3.05) is 36.8 Å². The maximum absolute atomic E-state index is 13.0. The molecule has 0 atom stereocenters. The van der Waals surface area contributed by atoms with Crippen LogP contribution in [0.15, 0.2) is 103 Å². The summed E-state index contributed by atoms with van der Waals surface area (Å²) in [7, 11) is 0. The molecule has 11 heteroatoms. The van der Waals surface area contributed by atoms with Crippen LogP contribution in [0.3, 0.4) is 0 Å². The number of amides is 4. The van der Waals surface area contributed by atoms with Crippen LogP contribution in [-0.2, 0) is 12.8 Å². The van der Waals surface area contributed by atoms with E-state index in [0.717, 1.165) is 17.7 Å². The van der Waals surface area contributed by atoms with Gasteiger partial charge in [0.1, 0.15) is 12.4 Å². The summed E-state index contributed by atoms with van der Waals surface area (Å²) in [6, 6.07) is 26.8. The van der Waals surface area contributed by atoms with Crippen LogP contribution in [0.25, 0.3) is 0 Å². The second-order valence-electron chi connectivity index (χ2n) is 10.1. The monoisotopic (exact) mass is 602 g/mol. The molecule has 0 unspecified atom stereocenters. The summed E-state index contributed by atoms with van der Waals surface area (Å²) in [6.07, 6.45) is -4.53. The number of ether oxygens (including phenoxy) is 1. The van der Waals surface area contributed by atoms with Crippen molar-refractivity contribution in [3.63, 3.8) is 0 Å². The first-order valence-electron chi connectivity index (χ1n) is 13.9. The van der Waals surface area contributed by atoms with Gasteiger partial charge in [-0.05, 0) is 66.2 Å². The van der Waals surface area contributed by atoms with Gasteiger partial charge < -0.3 is 25.2 Å². The first-order chi connectivity index (χ1) is 21.2. The molecule has 1 heterocycles. The van der Waals surface area contributed by atoms with E-state index in [-0.39, 0.29) is 17.2 Å². The van der Waals surface area contributed by atoms with Crippen molar-refractivity contribution in [3.8, 4) is 5.75 Å². The predicted molar refractivity (Wildman–Crippen MR) is 160 cm³/mol. The molecule has 44 heavy (non-hydrogen) atoms. The molecule has 0 aliphatic carbocycles. The number of urea groups is 1. The lowest BCUT2D eigenvalue weighted by Gasteiger charge is -2.34. The molecule has 0 bridgehead atoms. The summed E-state index contributed by atoms with van der Waals surface area (Å²) >= 11 is 0. The Morgan fingerprint density at radius 1 is 0.682 bits per heavy atom. The van der Waals surface area contributed by atoms with Gasteiger partial charge in [-0.25, -0.2) is 4.79 Å². The molecule has 0 spiro atoms. The van der Waals surface area contributed by atoms with E-state index in [0.29, 0.717) is 49.8 Å².